The lowest BCUT2D eigenvalue weighted by Crippen LogP contribution is -2.81. The van der Waals surface area contributed by atoms with Crippen molar-refractivity contribution < 1.29 is 0 Å². The van der Waals surface area contributed by atoms with Crippen molar-refractivity contribution in [3.63, 3.8) is 0 Å². The van der Waals surface area contributed by atoms with Crippen LogP contribution in [0.15, 0.2) is 30.3 Å². The SMILES string of the molecule is CC12CN3CC(C)(CN(C1)C31CCN(Cc3ccccc3)CC1)C2. The number of likely N-dealkylation sites (tertiary alicyclic amines) is 1. The molecule has 0 N–H and O–H groups in total. The van der Waals surface area contributed by atoms with E-state index in [-0.39, 0.29) is 0 Å². The van der Waals surface area contributed by atoms with Crippen molar-refractivity contribution in [3.8, 4) is 0 Å². The predicted molar refractivity (Wildman–Crippen MR) is 97.7 cm³/mol. The molecule has 1 aromatic rings. The van der Waals surface area contributed by atoms with E-state index in [1.807, 2.05) is 0 Å². The summed E-state index contributed by atoms with van der Waals surface area (Å²) in [5.74, 6) is 0. The molecule has 0 amide bonds. The fraction of sp³-hybridized carbons (Fsp3) is 0.714. The van der Waals surface area contributed by atoms with Crippen molar-refractivity contribution in [3.05, 3.63) is 35.9 Å². The van der Waals surface area contributed by atoms with Crippen LogP contribution in [0.5, 0.6) is 0 Å². The third-order valence-electron chi connectivity index (χ3n) is 7.23. The molecule has 0 aromatic heterocycles. The van der Waals surface area contributed by atoms with Gasteiger partial charge in [0.15, 0.2) is 0 Å². The number of hydrogen-bond donors (Lipinski definition) is 0. The monoisotopic (exact) mass is 325 g/mol. The van der Waals surface area contributed by atoms with Gasteiger partial charge in [-0.3, -0.25) is 14.7 Å². The van der Waals surface area contributed by atoms with Gasteiger partial charge in [0.25, 0.3) is 0 Å². The first-order chi connectivity index (χ1) is 11.5. The minimum absolute atomic E-state index is 0.382. The molecule has 1 aromatic carbocycles. The Morgan fingerprint density at radius 1 is 0.833 bits per heavy atom. The van der Waals surface area contributed by atoms with E-state index in [2.05, 4.69) is 58.9 Å². The van der Waals surface area contributed by atoms with E-state index in [4.69, 9.17) is 0 Å². The molecular weight excluding hydrogens is 294 g/mol. The quantitative estimate of drug-likeness (QED) is 0.827. The minimum Gasteiger partial charge on any atom is -0.299 e. The van der Waals surface area contributed by atoms with Gasteiger partial charge in [0.1, 0.15) is 0 Å². The van der Waals surface area contributed by atoms with E-state index in [1.54, 1.807) is 0 Å². The first-order valence-electron chi connectivity index (χ1n) is 9.75. The van der Waals surface area contributed by atoms with Gasteiger partial charge in [-0.25, -0.2) is 0 Å². The second-order valence-electron chi connectivity index (χ2n) is 9.75. The zero-order valence-corrected chi connectivity index (χ0v) is 15.3. The third kappa shape index (κ3) is 2.28. The van der Waals surface area contributed by atoms with Crippen molar-refractivity contribution in [2.75, 3.05) is 39.3 Å². The number of benzene rings is 1. The smallest absolute Gasteiger partial charge is 0.0763 e. The molecule has 130 valence electrons. The lowest BCUT2D eigenvalue weighted by molar-refractivity contribution is -0.255. The van der Waals surface area contributed by atoms with Crippen LogP contribution in [0.1, 0.15) is 38.7 Å². The zero-order valence-electron chi connectivity index (χ0n) is 15.3. The highest BCUT2D eigenvalue weighted by molar-refractivity contribution is 5.16. The summed E-state index contributed by atoms with van der Waals surface area (Å²) in [7, 11) is 0. The molecule has 0 aliphatic carbocycles. The van der Waals surface area contributed by atoms with Crippen LogP contribution in [0.3, 0.4) is 0 Å². The predicted octanol–water partition coefficient (Wildman–Crippen LogP) is 3.03. The van der Waals surface area contributed by atoms with Gasteiger partial charge >= 0.3 is 0 Å². The average molecular weight is 326 g/mol. The van der Waals surface area contributed by atoms with Crippen LogP contribution in [0.4, 0.5) is 0 Å². The minimum atomic E-state index is 0.382. The number of piperidine rings is 3. The van der Waals surface area contributed by atoms with Crippen LogP contribution in [0, 0.1) is 10.8 Å². The summed E-state index contributed by atoms with van der Waals surface area (Å²) in [4.78, 5) is 8.45. The Morgan fingerprint density at radius 3 is 1.92 bits per heavy atom. The lowest BCUT2D eigenvalue weighted by Gasteiger charge is -2.72. The third-order valence-corrected chi connectivity index (χ3v) is 7.23. The van der Waals surface area contributed by atoms with Crippen molar-refractivity contribution in [2.45, 2.75) is 45.3 Å². The largest absolute Gasteiger partial charge is 0.299 e. The first-order valence-corrected chi connectivity index (χ1v) is 9.75. The molecule has 5 fully saturated rings. The van der Waals surface area contributed by atoms with Gasteiger partial charge in [-0.2, -0.15) is 0 Å². The summed E-state index contributed by atoms with van der Waals surface area (Å²) < 4.78 is 0. The topological polar surface area (TPSA) is 9.72 Å². The Labute approximate surface area is 146 Å². The van der Waals surface area contributed by atoms with E-state index in [0.29, 0.717) is 16.5 Å². The molecular formula is C21H31N3. The second-order valence-corrected chi connectivity index (χ2v) is 9.75. The maximum atomic E-state index is 2.89. The Balaban J connectivity index is 1.31. The molecule has 5 aliphatic heterocycles. The highest BCUT2D eigenvalue weighted by Gasteiger charge is 2.62. The normalized spacial score (nSPS) is 43.4. The molecule has 0 saturated carbocycles. The van der Waals surface area contributed by atoms with Gasteiger partial charge < -0.3 is 0 Å². The average Bonchev–Trinajstić information content (AvgIpc) is 2.53. The molecule has 5 aliphatic rings. The summed E-state index contributed by atoms with van der Waals surface area (Å²) in [5, 5.41) is 0. The molecule has 0 radical (unpaired) electrons. The molecule has 5 heterocycles. The van der Waals surface area contributed by atoms with Crippen molar-refractivity contribution in [2.24, 2.45) is 10.8 Å². The van der Waals surface area contributed by atoms with Crippen LogP contribution in [0.25, 0.3) is 0 Å². The van der Waals surface area contributed by atoms with Gasteiger partial charge in [0.05, 0.1) is 5.66 Å². The maximum Gasteiger partial charge on any atom is 0.0763 e. The van der Waals surface area contributed by atoms with E-state index in [1.165, 1.54) is 64.1 Å². The van der Waals surface area contributed by atoms with E-state index < -0.39 is 0 Å². The van der Waals surface area contributed by atoms with Crippen LogP contribution >= 0.6 is 0 Å². The Morgan fingerprint density at radius 2 is 1.38 bits per heavy atom. The molecule has 3 nitrogen and oxygen atoms in total. The van der Waals surface area contributed by atoms with Gasteiger partial charge in [-0.1, -0.05) is 44.2 Å². The Kier molecular flexibility index (Phi) is 3.24. The fourth-order valence-corrected chi connectivity index (χ4v) is 6.64. The standard InChI is InChI=1S/C21H31N3/c1-19-13-20(2)16-23(14-19)21(24(15-19)17-20)8-10-22(11-9-21)12-18-6-4-3-5-7-18/h3-7H,8-17H2,1-2H3. The van der Waals surface area contributed by atoms with Crippen LogP contribution in [-0.4, -0.2) is 59.6 Å². The molecule has 3 heteroatoms. The molecule has 5 saturated heterocycles. The Bertz CT molecular complexity index is 579. The molecule has 4 bridgehead atoms. The summed E-state index contributed by atoms with van der Waals surface area (Å²) in [6.07, 6.45) is 4.08. The molecule has 1 spiro atoms. The second kappa shape index (κ2) is 5.06. The summed E-state index contributed by atoms with van der Waals surface area (Å²) in [6.45, 7) is 14.0. The van der Waals surface area contributed by atoms with E-state index in [0.717, 1.165) is 6.54 Å². The summed E-state index contributed by atoms with van der Waals surface area (Å²) in [6, 6.07) is 11.0. The molecule has 24 heavy (non-hydrogen) atoms. The van der Waals surface area contributed by atoms with E-state index in [9.17, 15) is 0 Å². The number of rotatable bonds is 2. The maximum absolute atomic E-state index is 2.89. The summed E-state index contributed by atoms with van der Waals surface area (Å²) in [5.41, 5.74) is 2.92. The molecule has 0 atom stereocenters. The molecule has 0 unspecified atom stereocenters. The van der Waals surface area contributed by atoms with Gasteiger partial charge in [-0.05, 0) is 35.7 Å². The van der Waals surface area contributed by atoms with Crippen LogP contribution < -0.4 is 0 Å². The van der Waals surface area contributed by atoms with Gasteiger partial charge in [0, 0.05) is 45.8 Å². The van der Waals surface area contributed by atoms with Crippen molar-refractivity contribution >= 4 is 0 Å². The first kappa shape index (κ1) is 15.4. The highest BCUT2D eigenvalue weighted by Crippen LogP contribution is 2.55. The number of hydrogen-bond acceptors (Lipinski definition) is 3. The fourth-order valence-electron chi connectivity index (χ4n) is 6.64. The molecule has 6 rings (SSSR count). The van der Waals surface area contributed by atoms with Gasteiger partial charge in [-0.15, -0.1) is 0 Å². The Hall–Kier alpha value is -0.900. The lowest BCUT2D eigenvalue weighted by atomic mass is 9.61. The van der Waals surface area contributed by atoms with Crippen molar-refractivity contribution in [1.82, 2.24) is 14.7 Å². The number of nitrogens with zero attached hydrogens (tertiary/aromatic N) is 3. The zero-order chi connectivity index (χ0) is 16.4. The highest BCUT2D eigenvalue weighted by atomic mass is 15.5. The van der Waals surface area contributed by atoms with Crippen molar-refractivity contribution in [1.29, 1.82) is 0 Å². The van der Waals surface area contributed by atoms with Crippen LogP contribution in [0.2, 0.25) is 0 Å². The van der Waals surface area contributed by atoms with E-state index >= 15 is 0 Å². The van der Waals surface area contributed by atoms with Crippen LogP contribution in [-0.2, 0) is 6.54 Å². The van der Waals surface area contributed by atoms with Gasteiger partial charge in [0.2, 0.25) is 0 Å². The summed E-state index contributed by atoms with van der Waals surface area (Å²) >= 11 is 0.